The van der Waals surface area contributed by atoms with E-state index in [1.807, 2.05) is 13.0 Å². The van der Waals surface area contributed by atoms with Gasteiger partial charge in [-0.25, -0.2) is 4.79 Å². The van der Waals surface area contributed by atoms with E-state index < -0.39 is 0 Å². The molecule has 0 aliphatic rings. The van der Waals surface area contributed by atoms with Gasteiger partial charge in [0.15, 0.2) is 0 Å². The fraction of sp³-hybridized carbons (Fsp3) is 0.333. The summed E-state index contributed by atoms with van der Waals surface area (Å²) in [6.45, 7) is 1.92. The fourth-order valence-corrected chi connectivity index (χ4v) is 0.822. The number of aromatic nitrogens is 1. The van der Waals surface area contributed by atoms with E-state index in [0.29, 0.717) is 0 Å². The van der Waals surface area contributed by atoms with Gasteiger partial charge in [0.25, 0.3) is 0 Å². The maximum Gasteiger partial charge on any atom is 0.321 e. The van der Waals surface area contributed by atoms with Crippen LogP contribution in [0.3, 0.4) is 0 Å². The van der Waals surface area contributed by atoms with Gasteiger partial charge in [-0.1, -0.05) is 0 Å². The van der Waals surface area contributed by atoms with Gasteiger partial charge in [-0.15, -0.1) is 0 Å². The van der Waals surface area contributed by atoms with E-state index in [0.717, 1.165) is 11.3 Å². The quantitative estimate of drug-likeness (QED) is 0.709. The van der Waals surface area contributed by atoms with Crippen LogP contribution in [-0.4, -0.2) is 30.0 Å². The lowest BCUT2D eigenvalue weighted by Gasteiger charge is -2.12. The van der Waals surface area contributed by atoms with Crippen LogP contribution in [0, 0.1) is 6.92 Å². The molecule has 1 aromatic rings. The molecule has 0 radical (unpaired) electrons. The summed E-state index contributed by atoms with van der Waals surface area (Å²) in [6, 6.07) is 1.71. The highest BCUT2D eigenvalue weighted by atomic mass is 16.2. The maximum absolute atomic E-state index is 11.3. The van der Waals surface area contributed by atoms with E-state index in [-0.39, 0.29) is 6.03 Å². The highest BCUT2D eigenvalue weighted by Gasteiger charge is 2.04. The Balaban J connectivity index is 2.75. The number of hydrogen-bond acceptors (Lipinski definition) is 2. The number of anilines is 1. The van der Waals surface area contributed by atoms with Gasteiger partial charge in [-0.2, -0.15) is 0 Å². The number of amides is 2. The van der Waals surface area contributed by atoms with Crippen molar-refractivity contribution >= 4 is 11.7 Å². The van der Waals surface area contributed by atoms with Gasteiger partial charge in [-0.3, -0.25) is 4.98 Å². The minimum atomic E-state index is -0.142. The van der Waals surface area contributed by atoms with E-state index in [2.05, 4.69) is 10.3 Å². The number of pyridine rings is 1. The molecule has 0 fully saturated rings. The van der Waals surface area contributed by atoms with Crippen molar-refractivity contribution in [3.05, 3.63) is 24.0 Å². The highest BCUT2D eigenvalue weighted by Crippen LogP contribution is 2.11. The fourth-order valence-electron chi connectivity index (χ4n) is 0.822. The first-order chi connectivity index (χ1) is 6.11. The van der Waals surface area contributed by atoms with Crippen LogP contribution in [0.15, 0.2) is 18.5 Å². The van der Waals surface area contributed by atoms with Crippen LogP contribution >= 0.6 is 0 Å². The molecule has 0 atom stereocenters. The van der Waals surface area contributed by atoms with Gasteiger partial charge in [0.05, 0.1) is 11.9 Å². The summed E-state index contributed by atoms with van der Waals surface area (Å²) in [5.41, 5.74) is 1.76. The molecule has 0 unspecified atom stereocenters. The molecule has 70 valence electrons. The number of carbonyl (C=O) groups is 1. The molecule has 0 aromatic carbocycles. The van der Waals surface area contributed by atoms with E-state index >= 15 is 0 Å². The van der Waals surface area contributed by atoms with Gasteiger partial charge in [0, 0.05) is 20.3 Å². The van der Waals surface area contributed by atoms with Crippen molar-refractivity contribution in [2.24, 2.45) is 0 Å². The van der Waals surface area contributed by atoms with Gasteiger partial charge < -0.3 is 10.2 Å². The van der Waals surface area contributed by atoms with Crippen molar-refractivity contribution in [1.82, 2.24) is 9.88 Å². The summed E-state index contributed by atoms with van der Waals surface area (Å²) in [5, 5.41) is 2.73. The third kappa shape index (κ3) is 2.43. The van der Waals surface area contributed by atoms with E-state index in [1.165, 1.54) is 4.90 Å². The Morgan fingerprint density at radius 1 is 1.54 bits per heavy atom. The number of nitrogens with one attached hydrogen (secondary N) is 1. The molecule has 0 aliphatic carbocycles. The van der Waals surface area contributed by atoms with Gasteiger partial charge in [0.2, 0.25) is 0 Å². The molecule has 0 aliphatic heterocycles. The summed E-state index contributed by atoms with van der Waals surface area (Å²) in [5.74, 6) is 0. The third-order valence-electron chi connectivity index (χ3n) is 1.69. The summed E-state index contributed by atoms with van der Waals surface area (Å²) in [7, 11) is 3.39. The Labute approximate surface area is 77.6 Å². The van der Waals surface area contributed by atoms with E-state index in [4.69, 9.17) is 0 Å². The SMILES string of the molecule is Cc1ccncc1NC(=O)N(C)C. The molecule has 4 nitrogen and oxygen atoms in total. The van der Waals surface area contributed by atoms with Crippen LogP contribution < -0.4 is 5.32 Å². The standard InChI is InChI=1S/C9H13N3O/c1-7-4-5-10-6-8(7)11-9(13)12(2)3/h4-6H,1-3H3,(H,11,13). The minimum absolute atomic E-state index is 0.142. The highest BCUT2D eigenvalue weighted by molar-refractivity contribution is 5.89. The molecule has 0 saturated heterocycles. The number of nitrogens with zero attached hydrogens (tertiary/aromatic N) is 2. The molecule has 1 aromatic heterocycles. The Hall–Kier alpha value is -1.58. The lowest BCUT2D eigenvalue weighted by molar-refractivity contribution is 0.230. The number of urea groups is 1. The van der Waals surface area contributed by atoms with Crippen LogP contribution in [0.25, 0.3) is 0 Å². The minimum Gasteiger partial charge on any atom is -0.331 e. The first-order valence-electron chi connectivity index (χ1n) is 4.00. The molecule has 13 heavy (non-hydrogen) atoms. The monoisotopic (exact) mass is 179 g/mol. The van der Waals surface area contributed by atoms with Gasteiger partial charge in [-0.05, 0) is 18.6 Å². The van der Waals surface area contributed by atoms with Crippen LogP contribution in [0.5, 0.6) is 0 Å². The number of carbonyl (C=O) groups excluding carboxylic acids is 1. The van der Waals surface area contributed by atoms with Crippen molar-refractivity contribution in [1.29, 1.82) is 0 Å². The number of hydrogen-bond donors (Lipinski definition) is 1. The molecule has 1 rings (SSSR count). The second-order valence-corrected chi connectivity index (χ2v) is 3.02. The lowest BCUT2D eigenvalue weighted by Crippen LogP contribution is -2.27. The molecule has 2 amide bonds. The predicted octanol–water partition coefficient (Wildman–Crippen LogP) is 1.48. The summed E-state index contributed by atoms with van der Waals surface area (Å²) < 4.78 is 0. The predicted molar refractivity (Wildman–Crippen MR) is 51.7 cm³/mol. The van der Waals surface area contributed by atoms with E-state index in [1.54, 1.807) is 26.5 Å². The van der Waals surface area contributed by atoms with Crippen LogP contribution in [0.4, 0.5) is 10.5 Å². The molecule has 1 N–H and O–H groups in total. The molecular formula is C9H13N3O. The molecule has 0 saturated carbocycles. The zero-order chi connectivity index (χ0) is 9.84. The number of aryl methyl sites for hydroxylation is 1. The average Bonchev–Trinajstić information content (AvgIpc) is 2.08. The Morgan fingerprint density at radius 3 is 2.77 bits per heavy atom. The Morgan fingerprint density at radius 2 is 2.23 bits per heavy atom. The smallest absolute Gasteiger partial charge is 0.321 e. The molecule has 0 bridgehead atoms. The second-order valence-electron chi connectivity index (χ2n) is 3.02. The van der Waals surface area contributed by atoms with Crippen molar-refractivity contribution in [2.45, 2.75) is 6.92 Å². The van der Waals surface area contributed by atoms with Gasteiger partial charge in [0.1, 0.15) is 0 Å². The van der Waals surface area contributed by atoms with Crippen molar-refractivity contribution < 1.29 is 4.79 Å². The zero-order valence-electron chi connectivity index (χ0n) is 8.03. The summed E-state index contributed by atoms with van der Waals surface area (Å²) >= 11 is 0. The molecule has 4 heteroatoms. The maximum atomic E-state index is 11.3. The largest absolute Gasteiger partial charge is 0.331 e. The second kappa shape index (κ2) is 3.89. The molecule has 0 spiro atoms. The van der Waals surface area contributed by atoms with E-state index in [9.17, 15) is 4.79 Å². The summed E-state index contributed by atoms with van der Waals surface area (Å²) in [4.78, 5) is 16.7. The molecular weight excluding hydrogens is 166 g/mol. The van der Waals surface area contributed by atoms with Gasteiger partial charge >= 0.3 is 6.03 Å². The van der Waals surface area contributed by atoms with Crippen molar-refractivity contribution in [2.75, 3.05) is 19.4 Å². The lowest BCUT2D eigenvalue weighted by atomic mass is 10.2. The average molecular weight is 179 g/mol. The Kier molecular flexibility index (Phi) is 2.84. The molecule has 1 heterocycles. The summed E-state index contributed by atoms with van der Waals surface area (Å²) in [6.07, 6.45) is 3.33. The van der Waals surface area contributed by atoms with Crippen molar-refractivity contribution in [3.63, 3.8) is 0 Å². The van der Waals surface area contributed by atoms with Crippen LogP contribution in [0.2, 0.25) is 0 Å². The first-order valence-corrected chi connectivity index (χ1v) is 4.00. The first kappa shape index (κ1) is 9.51. The Bertz CT molecular complexity index is 309. The number of rotatable bonds is 1. The van der Waals surface area contributed by atoms with Crippen LogP contribution in [-0.2, 0) is 0 Å². The topological polar surface area (TPSA) is 45.2 Å². The normalized spacial score (nSPS) is 9.46. The van der Waals surface area contributed by atoms with Crippen molar-refractivity contribution in [3.8, 4) is 0 Å². The third-order valence-corrected chi connectivity index (χ3v) is 1.69. The zero-order valence-corrected chi connectivity index (χ0v) is 8.03. The van der Waals surface area contributed by atoms with Crippen LogP contribution in [0.1, 0.15) is 5.56 Å².